The number of nitrogens with one attached hydrogen (secondary N) is 1. The molecule has 2 aromatic carbocycles. The van der Waals surface area contributed by atoms with Crippen LogP contribution in [-0.2, 0) is 26.2 Å². The number of sulfonamides is 1. The van der Waals surface area contributed by atoms with Crippen molar-refractivity contribution in [2.24, 2.45) is 0 Å². The molecular formula is C25H32ClN3O4S. The van der Waals surface area contributed by atoms with Crippen molar-refractivity contribution < 1.29 is 18.0 Å². The second-order valence-corrected chi connectivity index (χ2v) is 11.3. The van der Waals surface area contributed by atoms with Gasteiger partial charge in [-0.15, -0.1) is 0 Å². The summed E-state index contributed by atoms with van der Waals surface area (Å²) in [4.78, 5) is 28.0. The Morgan fingerprint density at radius 3 is 2.41 bits per heavy atom. The molecular weight excluding hydrogens is 474 g/mol. The van der Waals surface area contributed by atoms with Crippen LogP contribution in [0.25, 0.3) is 0 Å². The third-order valence-electron chi connectivity index (χ3n) is 6.08. The van der Waals surface area contributed by atoms with Gasteiger partial charge in [0.2, 0.25) is 21.8 Å². The summed E-state index contributed by atoms with van der Waals surface area (Å²) >= 11 is 6.06. The number of carbonyl (C=O) groups is 2. The summed E-state index contributed by atoms with van der Waals surface area (Å²) in [7, 11) is -3.78. The van der Waals surface area contributed by atoms with Crippen molar-refractivity contribution in [2.45, 2.75) is 58.2 Å². The molecule has 0 heterocycles. The number of nitrogens with zero attached hydrogens (tertiary/aromatic N) is 2. The molecule has 0 unspecified atom stereocenters. The van der Waals surface area contributed by atoms with Gasteiger partial charge < -0.3 is 10.2 Å². The van der Waals surface area contributed by atoms with Crippen LogP contribution in [0.15, 0.2) is 48.5 Å². The predicted octanol–water partition coefficient (Wildman–Crippen LogP) is 3.89. The zero-order valence-electron chi connectivity index (χ0n) is 19.8. The number of hydrogen-bond acceptors (Lipinski definition) is 4. The first-order chi connectivity index (χ1) is 16.0. The smallest absolute Gasteiger partial charge is 0.244 e. The maximum Gasteiger partial charge on any atom is 0.244 e. The molecule has 0 aliphatic heterocycles. The van der Waals surface area contributed by atoms with Gasteiger partial charge in [-0.3, -0.25) is 13.9 Å². The van der Waals surface area contributed by atoms with Crippen LogP contribution < -0.4 is 9.62 Å². The number of aryl methyl sites for hydroxylation is 1. The van der Waals surface area contributed by atoms with E-state index in [0.29, 0.717) is 10.7 Å². The summed E-state index contributed by atoms with van der Waals surface area (Å²) in [6.07, 6.45) is 5.06. The van der Waals surface area contributed by atoms with Crippen molar-refractivity contribution >= 4 is 39.1 Å². The molecule has 0 bridgehead atoms. The Morgan fingerprint density at radius 2 is 1.79 bits per heavy atom. The molecule has 2 amide bonds. The lowest BCUT2D eigenvalue weighted by molar-refractivity contribution is -0.139. The molecule has 1 aliphatic rings. The van der Waals surface area contributed by atoms with E-state index in [1.807, 2.05) is 31.2 Å². The number of anilines is 1. The van der Waals surface area contributed by atoms with Crippen molar-refractivity contribution in [3.63, 3.8) is 0 Å². The van der Waals surface area contributed by atoms with E-state index in [9.17, 15) is 18.0 Å². The van der Waals surface area contributed by atoms with Crippen LogP contribution in [0.5, 0.6) is 0 Å². The predicted molar refractivity (Wildman–Crippen MR) is 135 cm³/mol. The highest BCUT2D eigenvalue weighted by Crippen LogP contribution is 2.23. The number of benzene rings is 2. The Kier molecular flexibility index (Phi) is 8.60. The summed E-state index contributed by atoms with van der Waals surface area (Å²) in [6, 6.07) is 13.4. The number of rotatable bonds is 9. The minimum absolute atomic E-state index is 0.116. The van der Waals surface area contributed by atoms with Gasteiger partial charge in [-0.05, 0) is 50.5 Å². The highest BCUT2D eigenvalue weighted by Gasteiger charge is 2.31. The lowest BCUT2D eigenvalue weighted by Crippen LogP contribution is -2.52. The summed E-state index contributed by atoms with van der Waals surface area (Å²) in [6.45, 7) is 3.39. The Hall–Kier alpha value is -2.58. The fourth-order valence-electron chi connectivity index (χ4n) is 4.23. The van der Waals surface area contributed by atoms with Crippen molar-refractivity contribution in [3.8, 4) is 0 Å². The van der Waals surface area contributed by atoms with Crippen LogP contribution in [0.3, 0.4) is 0 Å². The van der Waals surface area contributed by atoms with Gasteiger partial charge in [-0.25, -0.2) is 8.42 Å². The summed E-state index contributed by atoms with van der Waals surface area (Å²) in [5.41, 5.74) is 2.19. The average Bonchev–Trinajstić information content (AvgIpc) is 3.27. The lowest BCUT2D eigenvalue weighted by atomic mass is 10.1. The molecule has 3 rings (SSSR count). The molecule has 1 fully saturated rings. The fourth-order valence-corrected chi connectivity index (χ4v) is 5.25. The molecule has 1 saturated carbocycles. The third kappa shape index (κ3) is 6.96. The first kappa shape index (κ1) is 26.0. The summed E-state index contributed by atoms with van der Waals surface area (Å²) in [5, 5.41) is 3.41. The van der Waals surface area contributed by atoms with Crippen LogP contribution in [0.4, 0.5) is 5.69 Å². The second-order valence-electron chi connectivity index (χ2n) is 8.93. The fraction of sp³-hybridized carbons (Fsp3) is 0.440. The van der Waals surface area contributed by atoms with E-state index in [-0.39, 0.29) is 18.5 Å². The van der Waals surface area contributed by atoms with Gasteiger partial charge in [0, 0.05) is 17.6 Å². The number of hydrogen-bond donors (Lipinski definition) is 1. The molecule has 0 aromatic heterocycles. The van der Waals surface area contributed by atoms with E-state index in [4.69, 9.17) is 11.6 Å². The normalized spacial score (nSPS) is 15.1. The van der Waals surface area contributed by atoms with Crippen LogP contribution in [0.2, 0.25) is 5.02 Å². The van der Waals surface area contributed by atoms with Crippen LogP contribution >= 0.6 is 11.6 Å². The zero-order chi connectivity index (χ0) is 24.9. The third-order valence-corrected chi connectivity index (χ3v) is 7.46. The van der Waals surface area contributed by atoms with Crippen LogP contribution in [0, 0.1) is 6.92 Å². The number of carbonyl (C=O) groups excluding carboxylic acids is 2. The maximum absolute atomic E-state index is 13.5. The minimum Gasteiger partial charge on any atom is -0.352 e. The Labute approximate surface area is 207 Å². The molecule has 1 N–H and O–H groups in total. The molecule has 9 heteroatoms. The van der Waals surface area contributed by atoms with E-state index in [2.05, 4.69) is 5.32 Å². The van der Waals surface area contributed by atoms with Gasteiger partial charge in [0.25, 0.3) is 0 Å². The molecule has 7 nitrogen and oxygen atoms in total. The van der Waals surface area contributed by atoms with Crippen LogP contribution in [-0.4, -0.2) is 50.0 Å². The van der Waals surface area contributed by atoms with Gasteiger partial charge in [-0.1, -0.05) is 60.3 Å². The van der Waals surface area contributed by atoms with Crippen molar-refractivity contribution in [1.29, 1.82) is 0 Å². The maximum atomic E-state index is 13.5. The molecule has 34 heavy (non-hydrogen) atoms. The first-order valence-corrected chi connectivity index (χ1v) is 13.7. The van der Waals surface area contributed by atoms with Gasteiger partial charge in [0.05, 0.1) is 11.9 Å². The molecule has 1 atom stereocenters. The SMILES string of the molecule is Cc1cccc(CN(C(=O)CN(c2cccc(Cl)c2)S(C)(=O)=O)[C@@H](C)C(=O)NC2CCCC2)c1. The van der Waals surface area contributed by atoms with E-state index >= 15 is 0 Å². The first-order valence-electron chi connectivity index (χ1n) is 11.4. The molecule has 2 aromatic rings. The van der Waals surface area contributed by atoms with Crippen molar-refractivity contribution in [2.75, 3.05) is 17.1 Å². The summed E-state index contributed by atoms with van der Waals surface area (Å²) in [5.74, 6) is -0.706. The van der Waals surface area contributed by atoms with E-state index < -0.39 is 28.5 Å². The Morgan fingerprint density at radius 1 is 1.12 bits per heavy atom. The molecule has 0 saturated heterocycles. The number of halogens is 1. The largest absolute Gasteiger partial charge is 0.352 e. The molecule has 1 aliphatic carbocycles. The van der Waals surface area contributed by atoms with E-state index in [1.54, 1.807) is 25.1 Å². The van der Waals surface area contributed by atoms with Gasteiger partial charge in [-0.2, -0.15) is 0 Å². The van der Waals surface area contributed by atoms with Crippen molar-refractivity contribution in [3.05, 3.63) is 64.7 Å². The van der Waals surface area contributed by atoms with E-state index in [0.717, 1.165) is 47.4 Å². The molecule has 184 valence electrons. The Bertz CT molecular complexity index is 1130. The standard InChI is InChI=1S/C25H32ClN3O4S/c1-18-8-6-9-20(14-18)16-28(19(2)25(31)27-22-11-4-5-12-22)24(30)17-29(34(3,32)33)23-13-7-10-21(26)15-23/h6-10,13-15,19,22H,4-5,11-12,16-17H2,1-3H3,(H,27,31)/t19-/m0/s1. The highest BCUT2D eigenvalue weighted by molar-refractivity contribution is 7.92. The zero-order valence-corrected chi connectivity index (χ0v) is 21.4. The van der Waals surface area contributed by atoms with Gasteiger partial charge in [0.15, 0.2) is 0 Å². The molecule has 0 radical (unpaired) electrons. The molecule has 0 spiro atoms. The van der Waals surface area contributed by atoms with Gasteiger partial charge in [0.1, 0.15) is 12.6 Å². The minimum atomic E-state index is -3.78. The topological polar surface area (TPSA) is 86.8 Å². The lowest BCUT2D eigenvalue weighted by Gasteiger charge is -2.32. The average molecular weight is 506 g/mol. The van der Waals surface area contributed by atoms with Gasteiger partial charge >= 0.3 is 0 Å². The van der Waals surface area contributed by atoms with Crippen molar-refractivity contribution in [1.82, 2.24) is 10.2 Å². The van der Waals surface area contributed by atoms with E-state index in [1.165, 1.54) is 11.0 Å². The second kappa shape index (κ2) is 11.2. The number of amides is 2. The highest BCUT2D eigenvalue weighted by atomic mass is 35.5. The Balaban J connectivity index is 1.88. The monoisotopic (exact) mass is 505 g/mol. The van der Waals surface area contributed by atoms with Crippen LogP contribution in [0.1, 0.15) is 43.7 Å². The quantitative estimate of drug-likeness (QED) is 0.560. The summed E-state index contributed by atoms with van der Waals surface area (Å²) < 4.78 is 26.2.